The summed E-state index contributed by atoms with van der Waals surface area (Å²) in [4.78, 5) is 8.72. The molecule has 0 amide bonds. The summed E-state index contributed by atoms with van der Waals surface area (Å²) in [7, 11) is 0. The summed E-state index contributed by atoms with van der Waals surface area (Å²) in [6, 6.07) is 8.97. The Morgan fingerprint density at radius 1 is 1.25 bits per heavy atom. The zero-order valence-electron chi connectivity index (χ0n) is 11.4. The quantitative estimate of drug-likeness (QED) is 0.630. The van der Waals surface area contributed by atoms with Crippen LogP contribution in [0.3, 0.4) is 0 Å². The third-order valence-corrected chi connectivity index (χ3v) is 3.26. The number of thioether (sulfide) groups is 1. The van der Waals surface area contributed by atoms with Crippen molar-refractivity contribution in [3.05, 3.63) is 35.4 Å². The third kappa shape index (κ3) is 4.28. The Bertz CT molecular complexity index is 563. The summed E-state index contributed by atoms with van der Waals surface area (Å²) < 4.78 is 5.73. The maximum Gasteiger partial charge on any atom is 0.225 e. The zero-order valence-corrected chi connectivity index (χ0v) is 13.0. The van der Waals surface area contributed by atoms with Gasteiger partial charge in [-0.1, -0.05) is 30.3 Å². The lowest BCUT2D eigenvalue weighted by Gasteiger charge is -2.09. The second-order valence-electron chi connectivity index (χ2n) is 4.06. The molecule has 0 unspecified atom stereocenters. The Morgan fingerprint density at radius 2 is 2.00 bits per heavy atom. The lowest BCUT2D eigenvalue weighted by Crippen LogP contribution is -2.04. The molecule has 0 aliphatic rings. The van der Waals surface area contributed by atoms with E-state index in [1.165, 1.54) is 11.8 Å². The van der Waals surface area contributed by atoms with Gasteiger partial charge in [-0.05, 0) is 36.9 Å². The van der Waals surface area contributed by atoms with Gasteiger partial charge in [0.05, 0.1) is 0 Å². The highest BCUT2D eigenvalue weighted by molar-refractivity contribution is 7.98. The van der Waals surface area contributed by atoms with Crippen LogP contribution in [0.2, 0.25) is 5.02 Å². The Kier molecular flexibility index (Phi) is 5.49. The van der Waals surface area contributed by atoms with Gasteiger partial charge in [-0.15, -0.1) is 0 Å². The fourth-order valence-corrected chi connectivity index (χ4v) is 2.01. The van der Waals surface area contributed by atoms with Crippen LogP contribution in [-0.2, 0) is 0 Å². The molecule has 6 heteroatoms. The van der Waals surface area contributed by atoms with Gasteiger partial charge in [-0.25, -0.2) is 4.98 Å². The van der Waals surface area contributed by atoms with Crippen LogP contribution in [0.4, 0.5) is 5.82 Å². The molecule has 20 heavy (non-hydrogen) atoms. The molecule has 0 aliphatic heterocycles. The van der Waals surface area contributed by atoms with Crippen LogP contribution in [0, 0.1) is 0 Å². The van der Waals surface area contributed by atoms with Gasteiger partial charge in [-0.2, -0.15) is 4.98 Å². The monoisotopic (exact) mass is 309 g/mol. The molecule has 1 aromatic carbocycles. The van der Waals surface area contributed by atoms with Crippen molar-refractivity contribution in [1.29, 1.82) is 0 Å². The molecule has 0 spiro atoms. The van der Waals surface area contributed by atoms with Crippen molar-refractivity contribution in [2.24, 2.45) is 0 Å². The van der Waals surface area contributed by atoms with Gasteiger partial charge in [0.15, 0.2) is 5.16 Å². The van der Waals surface area contributed by atoms with Crippen molar-refractivity contribution in [3.8, 4) is 11.6 Å². The Labute approximate surface area is 127 Å². The van der Waals surface area contributed by atoms with Crippen molar-refractivity contribution >= 4 is 29.2 Å². The first kappa shape index (κ1) is 14.9. The molecule has 2 aromatic rings. The molecule has 1 aromatic heterocycles. The minimum Gasteiger partial charge on any atom is -0.439 e. The third-order valence-electron chi connectivity index (χ3n) is 2.46. The van der Waals surface area contributed by atoms with E-state index in [-0.39, 0.29) is 0 Å². The predicted molar refractivity (Wildman–Crippen MR) is 84.1 cm³/mol. The lowest BCUT2D eigenvalue weighted by atomic mass is 10.3. The topological polar surface area (TPSA) is 47.0 Å². The molecular weight excluding hydrogens is 294 g/mol. The molecule has 2 rings (SSSR count). The number of ether oxygens (including phenoxy) is 1. The van der Waals surface area contributed by atoms with Gasteiger partial charge in [0.25, 0.3) is 0 Å². The van der Waals surface area contributed by atoms with E-state index in [2.05, 4.69) is 22.2 Å². The maximum atomic E-state index is 5.85. The highest BCUT2D eigenvalue weighted by Crippen LogP contribution is 2.25. The molecule has 0 saturated heterocycles. The average molecular weight is 310 g/mol. The van der Waals surface area contributed by atoms with Gasteiger partial charge in [0.2, 0.25) is 5.88 Å². The van der Waals surface area contributed by atoms with Gasteiger partial charge >= 0.3 is 0 Å². The first-order chi connectivity index (χ1) is 9.71. The SMILES string of the molecule is CCCNc1cc(Oc2ccc(Cl)cc2)nc(SC)n1. The van der Waals surface area contributed by atoms with Crippen LogP contribution in [0.25, 0.3) is 0 Å². The van der Waals surface area contributed by atoms with Crippen molar-refractivity contribution < 1.29 is 4.74 Å². The summed E-state index contributed by atoms with van der Waals surface area (Å²) in [5, 5.41) is 4.59. The van der Waals surface area contributed by atoms with Crippen LogP contribution in [0.1, 0.15) is 13.3 Å². The van der Waals surface area contributed by atoms with E-state index in [1.807, 2.05) is 18.4 Å². The molecule has 0 radical (unpaired) electrons. The number of aromatic nitrogens is 2. The van der Waals surface area contributed by atoms with Crippen molar-refractivity contribution in [1.82, 2.24) is 9.97 Å². The molecule has 0 aliphatic carbocycles. The standard InChI is InChI=1S/C14H16ClN3OS/c1-3-8-16-12-9-13(18-14(17-12)20-2)19-11-6-4-10(15)5-7-11/h4-7,9H,3,8H2,1-2H3,(H,16,17,18). The van der Waals surface area contributed by atoms with E-state index in [4.69, 9.17) is 16.3 Å². The summed E-state index contributed by atoms with van der Waals surface area (Å²) in [6.07, 6.45) is 2.97. The van der Waals surface area contributed by atoms with E-state index in [9.17, 15) is 0 Å². The Hall–Kier alpha value is -1.46. The normalized spacial score (nSPS) is 10.3. The fourth-order valence-electron chi connectivity index (χ4n) is 1.51. The molecule has 0 atom stereocenters. The number of nitrogens with zero attached hydrogens (tertiary/aromatic N) is 2. The van der Waals surface area contributed by atoms with E-state index < -0.39 is 0 Å². The number of nitrogens with one attached hydrogen (secondary N) is 1. The largest absolute Gasteiger partial charge is 0.439 e. The molecule has 1 N–H and O–H groups in total. The van der Waals surface area contributed by atoms with E-state index in [0.29, 0.717) is 21.8 Å². The van der Waals surface area contributed by atoms with E-state index in [1.54, 1.807) is 18.2 Å². The Morgan fingerprint density at radius 3 is 2.65 bits per heavy atom. The molecule has 106 valence electrons. The number of hydrogen-bond donors (Lipinski definition) is 1. The minimum atomic E-state index is 0.519. The second-order valence-corrected chi connectivity index (χ2v) is 5.27. The van der Waals surface area contributed by atoms with Crippen LogP contribution in [0.5, 0.6) is 11.6 Å². The van der Waals surface area contributed by atoms with E-state index >= 15 is 0 Å². The van der Waals surface area contributed by atoms with E-state index in [0.717, 1.165) is 18.8 Å². The average Bonchev–Trinajstić information content (AvgIpc) is 2.47. The minimum absolute atomic E-state index is 0.519. The van der Waals surface area contributed by atoms with Crippen LogP contribution < -0.4 is 10.1 Å². The van der Waals surface area contributed by atoms with Gasteiger partial charge < -0.3 is 10.1 Å². The van der Waals surface area contributed by atoms with Crippen LogP contribution in [0.15, 0.2) is 35.5 Å². The first-order valence-electron chi connectivity index (χ1n) is 6.31. The van der Waals surface area contributed by atoms with Gasteiger partial charge in [-0.3, -0.25) is 0 Å². The predicted octanol–water partition coefficient (Wildman–Crippen LogP) is 4.47. The molecule has 1 heterocycles. The maximum absolute atomic E-state index is 5.85. The zero-order chi connectivity index (χ0) is 14.4. The van der Waals surface area contributed by atoms with Gasteiger partial charge in [0, 0.05) is 17.6 Å². The molecule has 4 nitrogen and oxygen atoms in total. The Balaban J connectivity index is 2.19. The highest BCUT2D eigenvalue weighted by atomic mass is 35.5. The smallest absolute Gasteiger partial charge is 0.225 e. The second kappa shape index (κ2) is 7.36. The lowest BCUT2D eigenvalue weighted by molar-refractivity contribution is 0.456. The van der Waals surface area contributed by atoms with Crippen LogP contribution >= 0.6 is 23.4 Å². The fraction of sp³-hybridized carbons (Fsp3) is 0.286. The molecular formula is C14H16ClN3OS. The number of rotatable bonds is 6. The first-order valence-corrected chi connectivity index (χ1v) is 7.92. The summed E-state index contributed by atoms with van der Waals surface area (Å²) in [5.74, 6) is 1.99. The summed E-state index contributed by atoms with van der Waals surface area (Å²) in [5.41, 5.74) is 0. The highest BCUT2D eigenvalue weighted by Gasteiger charge is 2.06. The van der Waals surface area contributed by atoms with Crippen molar-refractivity contribution in [2.45, 2.75) is 18.5 Å². The molecule has 0 saturated carbocycles. The van der Waals surface area contributed by atoms with Crippen molar-refractivity contribution in [2.75, 3.05) is 18.1 Å². The number of benzene rings is 1. The van der Waals surface area contributed by atoms with Crippen LogP contribution in [-0.4, -0.2) is 22.8 Å². The molecule has 0 bridgehead atoms. The number of hydrogen-bond acceptors (Lipinski definition) is 5. The number of anilines is 1. The number of halogens is 1. The van der Waals surface area contributed by atoms with Gasteiger partial charge in [0.1, 0.15) is 11.6 Å². The summed E-state index contributed by atoms with van der Waals surface area (Å²) >= 11 is 7.33. The molecule has 0 fully saturated rings. The van der Waals surface area contributed by atoms with Crippen molar-refractivity contribution in [3.63, 3.8) is 0 Å². The summed E-state index contributed by atoms with van der Waals surface area (Å²) in [6.45, 7) is 2.97.